The van der Waals surface area contributed by atoms with Crippen molar-refractivity contribution >= 4 is 23.2 Å². The first-order chi connectivity index (χ1) is 7.58. The number of hydrogen-bond donors (Lipinski definition) is 1. The third-order valence-corrected chi connectivity index (χ3v) is 2.77. The van der Waals surface area contributed by atoms with Crippen LogP contribution in [0.2, 0.25) is 5.15 Å². The highest BCUT2D eigenvalue weighted by Gasteiger charge is 2.11. The number of imidazole rings is 1. The molecular weight excluding hydrogens is 228 g/mol. The smallest absolute Gasteiger partial charge is 0.303 e. The van der Waals surface area contributed by atoms with Crippen molar-refractivity contribution in [2.45, 2.75) is 19.8 Å². The SMILES string of the molecule is Cc1ccn2c(Cl)c(CCC(=O)O)nc2c1. The summed E-state index contributed by atoms with van der Waals surface area (Å²) in [5.41, 5.74) is 2.49. The van der Waals surface area contributed by atoms with E-state index in [4.69, 9.17) is 16.7 Å². The van der Waals surface area contributed by atoms with Crippen molar-refractivity contribution in [1.29, 1.82) is 0 Å². The van der Waals surface area contributed by atoms with Gasteiger partial charge in [-0.2, -0.15) is 0 Å². The first-order valence-electron chi connectivity index (χ1n) is 4.93. The minimum absolute atomic E-state index is 0.0442. The second kappa shape index (κ2) is 4.14. The average Bonchev–Trinajstić information content (AvgIpc) is 2.52. The Morgan fingerprint density at radius 2 is 2.38 bits per heavy atom. The summed E-state index contributed by atoms with van der Waals surface area (Å²) in [6.45, 7) is 1.97. The molecule has 0 radical (unpaired) electrons. The molecule has 0 amide bonds. The van der Waals surface area contributed by atoms with Gasteiger partial charge in [-0.05, 0) is 24.6 Å². The quantitative estimate of drug-likeness (QED) is 0.893. The predicted molar refractivity (Wildman–Crippen MR) is 60.9 cm³/mol. The van der Waals surface area contributed by atoms with Crippen molar-refractivity contribution in [3.8, 4) is 0 Å². The lowest BCUT2D eigenvalue weighted by molar-refractivity contribution is -0.136. The first kappa shape index (κ1) is 11.0. The molecule has 2 aromatic heterocycles. The van der Waals surface area contributed by atoms with Crippen molar-refractivity contribution in [3.05, 3.63) is 34.7 Å². The van der Waals surface area contributed by atoms with Gasteiger partial charge in [-0.3, -0.25) is 9.20 Å². The molecule has 2 aromatic rings. The molecular formula is C11H11ClN2O2. The van der Waals surface area contributed by atoms with Gasteiger partial charge in [0.15, 0.2) is 0 Å². The van der Waals surface area contributed by atoms with Gasteiger partial charge >= 0.3 is 5.97 Å². The van der Waals surface area contributed by atoms with Crippen molar-refractivity contribution in [1.82, 2.24) is 9.38 Å². The van der Waals surface area contributed by atoms with E-state index in [2.05, 4.69) is 4.98 Å². The summed E-state index contributed by atoms with van der Waals surface area (Å²) in [6, 6.07) is 3.84. The van der Waals surface area contributed by atoms with Gasteiger partial charge in [0.25, 0.3) is 0 Å². The summed E-state index contributed by atoms with van der Waals surface area (Å²) < 4.78 is 1.76. The lowest BCUT2D eigenvalue weighted by Crippen LogP contribution is -1.98. The van der Waals surface area contributed by atoms with Crippen LogP contribution in [0.4, 0.5) is 0 Å². The number of halogens is 1. The zero-order chi connectivity index (χ0) is 11.7. The predicted octanol–water partition coefficient (Wildman–Crippen LogP) is 2.31. The number of carboxylic acids is 1. The van der Waals surface area contributed by atoms with E-state index in [0.717, 1.165) is 11.2 Å². The maximum Gasteiger partial charge on any atom is 0.303 e. The number of hydrogen-bond acceptors (Lipinski definition) is 2. The molecule has 0 saturated carbocycles. The standard InChI is InChI=1S/C11H11ClN2O2/c1-7-4-5-14-9(6-7)13-8(11(14)12)2-3-10(15)16/h4-6H,2-3H2,1H3,(H,15,16). The third-order valence-electron chi connectivity index (χ3n) is 2.36. The molecule has 0 bridgehead atoms. The molecule has 0 atom stereocenters. The number of aromatic nitrogens is 2. The molecule has 0 aliphatic carbocycles. The minimum Gasteiger partial charge on any atom is -0.481 e. The maximum absolute atomic E-state index is 10.5. The van der Waals surface area contributed by atoms with Crippen LogP contribution in [0.15, 0.2) is 18.3 Å². The van der Waals surface area contributed by atoms with E-state index in [0.29, 0.717) is 17.3 Å². The summed E-state index contributed by atoms with van der Waals surface area (Å²) in [5.74, 6) is -0.843. The van der Waals surface area contributed by atoms with E-state index in [-0.39, 0.29) is 6.42 Å². The summed E-state index contributed by atoms with van der Waals surface area (Å²) >= 11 is 6.10. The van der Waals surface area contributed by atoms with Gasteiger partial charge in [-0.25, -0.2) is 4.98 Å². The van der Waals surface area contributed by atoms with E-state index in [9.17, 15) is 4.79 Å². The van der Waals surface area contributed by atoms with Crippen LogP contribution in [0.25, 0.3) is 5.65 Å². The fraction of sp³-hybridized carbons (Fsp3) is 0.273. The first-order valence-corrected chi connectivity index (χ1v) is 5.30. The van der Waals surface area contributed by atoms with E-state index >= 15 is 0 Å². The van der Waals surface area contributed by atoms with Crippen molar-refractivity contribution < 1.29 is 9.90 Å². The monoisotopic (exact) mass is 238 g/mol. The van der Waals surface area contributed by atoms with Crippen LogP contribution in [-0.2, 0) is 11.2 Å². The Labute approximate surface area is 97.5 Å². The lowest BCUT2D eigenvalue weighted by Gasteiger charge is -1.96. The molecule has 0 aliphatic heterocycles. The molecule has 2 heterocycles. The van der Waals surface area contributed by atoms with Crippen LogP contribution >= 0.6 is 11.6 Å². The van der Waals surface area contributed by atoms with Crippen LogP contribution in [0.3, 0.4) is 0 Å². The molecule has 16 heavy (non-hydrogen) atoms. The van der Waals surface area contributed by atoms with Crippen molar-refractivity contribution in [2.24, 2.45) is 0 Å². The fourth-order valence-electron chi connectivity index (χ4n) is 1.55. The van der Waals surface area contributed by atoms with Gasteiger partial charge < -0.3 is 5.11 Å². The largest absolute Gasteiger partial charge is 0.481 e. The van der Waals surface area contributed by atoms with Crippen LogP contribution in [0, 0.1) is 6.92 Å². The van der Waals surface area contributed by atoms with Gasteiger partial charge in [0, 0.05) is 12.6 Å². The molecule has 2 rings (SSSR count). The molecule has 4 nitrogen and oxygen atoms in total. The Kier molecular flexibility index (Phi) is 2.83. The molecule has 0 aliphatic rings. The van der Waals surface area contributed by atoms with Crippen molar-refractivity contribution in [3.63, 3.8) is 0 Å². The zero-order valence-corrected chi connectivity index (χ0v) is 9.53. The lowest BCUT2D eigenvalue weighted by atomic mass is 10.2. The van der Waals surface area contributed by atoms with Gasteiger partial charge in [-0.15, -0.1) is 0 Å². The third kappa shape index (κ3) is 2.02. The van der Waals surface area contributed by atoms with E-state index in [1.807, 2.05) is 25.3 Å². The summed E-state index contributed by atoms with van der Waals surface area (Å²) in [6.07, 6.45) is 2.24. The highest BCUT2D eigenvalue weighted by molar-refractivity contribution is 6.30. The molecule has 0 unspecified atom stereocenters. The number of nitrogens with zero attached hydrogens (tertiary/aromatic N) is 2. The fourth-order valence-corrected chi connectivity index (χ4v) is 1.83. The summed E-state index contributed by atoms with van der Waals surface area (Å²) in [5, 5.41) is 9.10. The highest BCUT2D eigenvalue weighted by Crippen LogP contribution is 2.20. The molecule has 0 fully saturated rings. The number of pyridine rings is 1. The number of aliphatic carboxylic acids is 1. The minimum atomic E-state index is -0.843. The average molecular weight is 239 g/mol. The topological polar surface area (TPSA) is 54.6 Å². The molecule has 84 valence electrons. The van der Waals surface area contributed by atoms with Crippen LogP contribution in [-0.4, -0.2) is 20.5 Å². The molecule has 0 saturated heterocycles. The normalized spacial score (nSPS) is 10.9. The van der Waals surface area contributed by atoms with Crippen molar-refractivity contribution in [2.75, 3.05) is 0 Å². The Morgan fingerprint density at radius 3 is 3.06 bits per heavy atom. The van der Waals surface area contributed by atoms with Gasteiger partial charge in [0.1, 0.15) is 10.8 Å². The number of carbonyl (C=O) groups is 1. The van der Waals surface area contributed by atoms with E-state index < -0.39 is 5.97 Å². The van der Waals surface area contributed by atoms with Gasteiger partial charge in [0.2, 0.25) is 0 Å². The van der Waals surface area contributed by atoms with Crippen LogP contribution in [0.1, 0.15) is 17.7 Å². The summed E-state index contributed by atoms with van der Waals surface area (Å²) in [4.78, 5) is 14.8. The second-order valence-electron chi connectivity index (χ2n) is 3.68. The Balaban J connectivity index is 2.39. The molecule has 0 aromatic carbocycles. The molecule has 5 heteroatoms. The van der Waals surface area contributed by atoms with Gasteiger partial charge in [0.05, 0.1) is 12.1 Å². The Bertz CT molecular complexity index is 548. The van der Waals surface area contributed by atoms with E-state index in [1.165, 1.54) is 0 Å². The number of carboxylic acid groups (broad SMARTS) is 1. The van der Waals surface area contributed by atoms with Crippen LogP contribution < -0.4 is 0 Å². The van der Waals surface area contributed by atoms with Gasteiger partial charge in [-0.1, -0.05) is 11.6 Å². The highest BCUT2D eigenvalue weighted by atomic mass is 35.5. The molecule has 1 N–H and O–H groups in total. The zero-order valence-electron chi connectivity index (χ0n) is 8.77. The Morgan fingerprint density at radius 1 is 1.62 bits per heavy atom. The number of rotatable bonds is 3. The number of aryl methyl sites for hydroxylation is 2. The summed E-state index contributed by atoms with van der Waals surface area (Å²) in [7, 11) is 0. The van der Waals surface area contributed by atoms with Crippen LogP contribution in [0.5, 0.6) is 0 Å². The maximum atomic E-state index is 10.5. The Hall–Kier alpha value is -1.55. The second-order valence-corrected chi connectivity index (χ2v) is 4.03. The van der Waals surface area contributed by atoms with E-state index in [1.54, 1.807) is 4.40 Å². The number of fused-ring (bicyclic) bond motifs is 1. The molecule has 0 spiro atoms.